The summed E-state index contributed by atoms with van der Waals surface area (Å²) < 4.78 is 13.4. The fraction of sp³-hybridized carbons (Fsp3) is 0.278. The Bertz CT molecular complexity index is 870. The summed E-state index contributed by atoms with van der Waals surface area (Å²) >= 11 is 0. The van der Waals surface area contributed by atoms with E-state index in [1.54, 1.807) is 0 Å². The topological polar surface area (TPSA) is 56.5 Å². The third-order valence-corrected chi connectivity index (χ3v) is 4.12. The quantitative estimate of drug-likeness (QED) is 0.808. The number of aliphatic hydroxyl groups is 1. The number of imidazole rings is 1. The first-order valence-corrected chi connectivity index (χ1v) is 7.74. The van der Waals surface area contributed by atoms with Gasteiger partial charge >= 0.3 is 0 Å². The number of rotatable bonds is 3. The van der Waals surface area contributed by atoms with E-state index in [0.29, 0.717) is 19.8 Å². The molecule has 23 heavy (non-hydrogen) atoms. The van der Waals surface area contributed by atoms with Crippen LogP contribution in [0.15, 0.2) is 36.4 Å². The number of nitrogens with zero attached hydrogens (tertiary/aromatic N) is 2. The zero-order valence-corrected chi connectivity index (χ0v) is 13.0. The van der Waals surface area contributed by atoms with Gasteiger partial charge in [0, 0.05) is 24.2 Å². The van der Waals surface area contributed by atoms with E-state index < -0.39 is 0 Å². The average molecular weight is 310 g/mol. The van der Waals surface area contributed by atoms with Crippen LogP contribution in [0.1, 0.15) is 5.56 Å². The number of hydrogen-bond donors (Lipinski definition) is 1. The largest absolute Gasteiger partial charge is 0.486 e. The Morgan fingerprint density at radius 3 is 2.61 bits per heavy atom. The van der Waals surface area contributed by atoms with Gasteiger partial charge in [-0.05, 0) is 12.5 Å². The molecule has 0 unspecified atom stereocenters. The molecule has 0 saturated carbocycles. The van der Waals surface area contributed by atoms with Gasteiger partial charge in [0.15, 0.2) is 11.5 Å². The molecule has 1 N–H and O–H groups in total. The van der Waals surface area contributed by atoms with Gasteiger partial charge in [0.25, 0.3) is 0 Å². The maximum atomic E-state index is 9.47. The molecule has 0 radical (unpaired) electrons. The Balaban J connectivity index is 1.97. The average Bonchev–Trinajstić information content (AvgIpc) is 2.91. The fourth-order valence-electron chi connectivity index (χ4n) is 3.02. The molecule has 0 amide bonds. The molecule has 1 aliphatic rings. The molecule has 118 valence electrons. The Kier molecular flexibility index (Phi) is 3.42. The first-order chi connectivity index (χ1) is 11.3. The number of aromatic nitrogens is 2. The lowest BCUT2D eigenvalue weighted by Crippen LogP contribution is -2.15. The van der Waals surface area contributed by atoms with E-state index in [4.69, 9.17) is 14.5 Å². The summed E-state index contributed by atoms with van der Waals surface area (Å²) in [6.45, 7) is 3.71. The van der Waals surface area contributed by atoms with Crippen molar-refractivity contribution in [3.05, 3.63) is 42.0 Å². The van der Waals surface area contributed by atoms with Gasteiger partial charge in [-0.3, -0.25) is 0 Å². The SMILES string of the molecule is Cc1ccccc1-c1nc2cc3c(cc2n1CCO)OCCO3. The maximum Gasteiger partial charge on any atom is 0.163 e. The number of ether oxygens (including phenoxy) is 2. The van der Waals surface area contributed by atoms with Gasteiger partial charge in [-0.2, -0.15) is 0 Å². The molecule has 4 rings (SSSR count). The number of aliphatic hydroxyl groups excluding tert-OH is 1. The van der Waals surface area contributed by atoms with Crippen molar-refractivity contribution in [2.75, 3.05) is 19.8 Å². The van der Waals surface area contributed by atoms with Gasteiger partial charge in [0.1, 0.15) is 19.0 Å². The second-order valence-electron chi connectivity index (χ2n) is 5.61. The normalized spacial score (nSPS) is 13.5. The Hall–Kier alpha value is -2.53. The lowest BCUT2D eigenvalue weighted by molar-refractivity contribution is 0.172. The van der Waals surface area contributed by atoms with E-state index in [2.05, 4.69) is 19.1 Å². The Morgan fingerprint density at radius 1 is 1.13 bits per heavy atom. The minimum atomic E-state index is 0.0543. The van der Waals surface area contributed by atoms with Crippen LogP contribution in [0.2, 0.25) is 0 Å². The van der Waals surface area contributed by atoms with Crippen molar-refractivity contribution in [1.29, 1.82) is 0 Å². The van der Waals surface area contributed by atoms with E-state index >= 15 is 0 Å². The first kappa shape index (κ1) is 14.1. The highest BCUT2D eigenvalue weighted by Crippen LogP contribution is 2.36. The molecule has 5 heteroatoms. The maximum absolute atomic E-state index is 9.47. The van der Waals surface area contributed by atoms with Crippen molar-refractivity contribution in [3.63, 3.8) is 0 Å². The summed E-state index contributed by atoms with van der Waals surface area (Å²) in [6.07, 6.45) is 0. The van der Waals surface area contributed by atoms with Gasteiger partial charge in [-0.1, -0.05) is 24.3 Å². The Morgan fingerprint density at radius 2 is 1.87 bits per heavy atom. The van der Waals surface area contributed by atoms with E-state index in [1.165, 1.54) is 0 Å². The predicted molar refractivity (Wildman–Crippen MR) is 88.0 cm³/mol. The minimum absolute atomic E-state index is 0.0543. The monoisotopic (exact) mass is 310 g/mol. The predicted octanol–water partition coefficient (Wildman–Crippen LogP) is 2.78. The van der Waals surface area contributed by atoms with Crippen LogP contribution in [0.5, 0.6) is 11.5 Å². The van der Waals surface area contributed by atoms with E-state index in [9.17, 15) is 5.11 Å². The van der Waals surface area contributed by atoms with E-state index in [0.717, 1.165) is 39.5 Å². The summed E-state index contributed by atoms with van der Waals surface area (Å²) in [5.41, 5.74) is 4.01. The molecule has 0 spiro atoms. The molecular formula is C18H18N2O3. The summed E-state index contributed by atoms with van der Waals surface area (Å²) in [5.74, 6) is 2.32. The fourth-order valence-corrected chi connectivity index (χ4v) is 3.02. The van der Waals surface area contributed by atoms with Crippen LogP contribution >= 0.6 is 0 Å². The summed E-state index contributed by atoms with van der Waals surface area (Å²) in [4.78, 5) is 4.79. The molecular weight excluding hydrogens is 292 g/mol. The minimum Gasteiger partial charge on any atom is -0.486 e. The van der Waals surface area contributed by atoms with E-state index in [-0.39, 0.29) is 6.61 Å². The van der Waals surface area contributed by atoms with Gasteiger partial charge < -0.3 is 19.1 Å². The molecule has 0 saturated heterocycles. The zero-order valence-electron chi connectivity index (χ0n) is 13.0. The highest BCUT2D eigenvalue weighted by molar-refractivity contribution is 5.84. The van der Waals surface area contributed by atoms with Crippen LogP contribution in [-0.4, -0.2) is 34.5 Å². The molecule has 2 heterocycles. The molecule has 0 atom stereocenters. The molecule has 3 aromatic rings. The summed E-state index contributed by atoms with van der Waals surface area (Å²) in [7, 11) is 0. The Labute approximate surface area is 134 Å². The van der Waals surface area contributed by atoms with Crippen LogP contribution in [0, 0.1) is 6.92 Å². The molecule has 1 aromatic heterocycles. The van der Waals surface area contributed by atoms with Crippen LogP contribution in [0.4, 0.5) is 0 Å². The molecule has 0 aliphatic carbocycles. The zero-order chi connectivity index (χ0) is 15.8. The number of hydrogen-bond acceptors (Lipinski definition) is 4. The third-order valence-electron chi connectivity index (χ3n) is 4.12. The highest BCUT2D eigenvalue weighted by Gasteiger charge is 2.19. The number of aryl methyl sites for hydroxylation is 1. The third kappa shape index (κ3) is 2.33. The molecule has 5 nitrogen and oxygen atoms in total. The summed E-state index contributed by atoms with van der Waals surface area (Å²) in [6, 6.07) is 12.0. The van der Waals surface area contributed by atoms with Crippen molar-refractivity contribution in [1.82, 2.24) is 9.55 Å². The van der Waals surface area contributed by atoms with Crippen LogP contribution in [-0.2, 0) is 6.54 Å². The highest BCUT2D eigenvalue weighted by atomic mass is 16.6. The van der Waals surface area contributed by atoms with Crippen molar-refractivity contribution >= 4 is 11.0 Å². The van der Waals surface area contributed by atoms with Crippen molar-refractivity contribution in [2.24, 2.45) is 0 Å². The van der Waals surface area contributed by atoms with Gasteiger partial charge in [0.05, 0.1) is 17.6 Å². The van der Waals surface area contributed by atoms with Crippen molar-refractivity contribution in [3.8, 4) is 22.9 Å². The molecule has 2 aromatic carbocycles. The van der Waals surface area contributed by atoms with Crippen LogP contribution in [0.3, 0.4) is 0 Å². The lowest BCUT2D eigenvalue weighted by Gasteiger charge is -2.18. The second-order valence-corrected chi connectivity index (χ2v) is 5.61. The van der Waals surface area contributed by atoms with Crippen LogP contribution < -0.4 is 9.47 Å². The van der Waals surface area contributed by atoms with Crippen LogP contribution in [0.25, 0.3) is 22.4 Å². The second kappa shape index (κ2) is 5.59. The number of benzene rings is 2. The van der Waals surface area contributed by atoms with Crippen molar-refractivity contribution < 1.29 is 14.6 Å². The van der Waals surface area contributed by atoms with Gasteiger partial charge in [-0.25, -0.2) is 4.98 Å². The smallest absolute Gasteiger partial charge is 0.163 e. The molecule has 0 fully saturated rings. The standard InChI is InChI=1S/C18H18N2O3/c1-12-4-2-3-5-13(12)18-19-14-10-16-17(23-9-8-22-16)11-15(14)20(18)6-7-21/h2-5,10-11,21H,6-9H2,1H3. The number of fused-ring (bicyclic) bond motifs is 2. The molecule has 1 aliphatic heterocycles. The first-order valence-electron chi connectivity index (χ1n) is 7.74. The van der Waals surface area contributed by atoms with Gasteiger partial charge in [-0.15, -0.1) is 0 Å². The van der Waals surface area contributed by atoms with Gasteiger partial charge in [0.2, 0.25) is 0 Å². The van der Waals surface area contributed by atoms with E-state index in [1.807, 2.05) is 28.8 Å². The lowest BCUT2D eigenvalue weighted by atomic mass is 10.1. The summed E-state index contributed by atoms with van der Waals surface area (Å²) in [5, 5.41) is 9.47. The van der Waals surface area contributed by atoms with Crippen molar-refractivity contribution in [2.45, 2.75) is 13.5 Å². The molecule has 0 bridgehead atoms.